The van der Waals surface area contributed by atoms with Gasteiger partial charge in [-0.15, -0.1) is 0 Å². The summed E-state index contributed by atoms with van der Waals surface area (Å²) in [4.78, 5) is 0. The molecular formula is C15H31N. The summed E-state index contributed by atoms with van der Waals surface area (Å²) in [7, 11) is 0. The first-order valence-electron chi connectivity index (χ1n) is 7.54. The van der Waals surface area contributed by atoms with E-state index < -0.39 is 0 Å². The first-order valence-corrected chi connectivity index (χ1v) is 7.54. The summed E-state index contributed by atoms with van der Waals surface area (Å²) >= 11 is 0. The maximum absolute atomic E-state index is 3.89. The molecule has 1 rings (SSSR count). The molecule has 0 amide bonds. The zero-order valence-electron chi connectivity index (χ0n) is 11.6. The van der Waals surface area contributed by atoms with Gasteiger partial charge in [0.15, 0.2) is 0 Å². The Bertz CT molecular complexity index is 155. The van der Waals surface area contributed by atoms with E-state index in [-0.39, 0.29) is 0 Å². The summed E-state index contributed by atoms with van der Waals surface area (Å²) in [6.07, 6.45) is 12.6. The van der Waals surface area contributed by atoms with Crippen molar-refractivity contribution >= 4 is 0 Å². The smallest absolute Gasteiger partial charge is 0.00696 e. The molecular weight excluding hydrogens is 194 g/mol. The highest BCUT2D eigenvalue weighted by Crippen LogP contribution is 2.22. The molecule has 1 unspecified atom stereocenters. The Morgan fingerprint density at radius 2 is 1.56 bits per heavy atom. The zero-order chi connectivity index (χ0) is 11.8. The second-order valence-corrected chi connectivity index (χ2v) is 5.63. The third-order valence-corrected chi connectivity index (χ3v) is 4.13. The Morgan fingerprint density at radius 1 is 1.00 bits per heavy atom. The molecule has 1 fully saturated rings. The van der Waals surface area contributed by atoms with Crippen molar-refractivity contribution in [3.63, 3.8) is 0 Å². The highest BCUT2D eigenvalue weighted by molar-refractivity contribution is 4.79. The number of nitrogens with one attached hydrogen (secondary N) is 1. The van der Waals surface area contributed by atoms with Crippen molar-refractivity contribution in [3.05, 3.63) is 0 Å². The molecule has 0 heterocycles. The van der Waals surface area contributed by atoms with Crippen LogP contribution in [0.1, 0.15) is 78.6 Å². The predicted molar refractivity (Wildman–Crippen MR) is 72.8 cm³/mol. The van der Waals surface area contributed by atoms with Gasteiger partial charge in [0, 0.05) is 12.1 Å². The first kappa shape index (κ1) is 14.0. The van der Waals surface area contributed by atoms with E-state index in [0.717, 1.165) is 18.0 Å². The summed E-state index contributed by atoms with van der Waals surface area (Å²) in [6, 6.07) is 1.54. The van der Waals surface area contributed by atoms with Crippen LogP contribution in [0.25, 0.3) is 0 Å². The van der Waals surface area contributed by atoms with Gasteiger partial charge in [-0.05, 0) is 38.5 Å². The quantitative estimate of drug-likeness (QED) is 0.672. The van der Waals surface area contributed by atoms with Crippen molar-refractivity contribution in [2.24, 2.45) is 5.92 Å². The Kier molecular flexibility index (Phi) is 7.11. The van der Waals surface area contributed by atoms with Crippen LogP contribution < -0.4 is 5.32 Å². The molecule has 0 aliphatic heterocycles. The minimum atomic E-state index is 0.725. The van der Waals surface area contributed by atoms with Gasteiger partial charge >= 0.3 is 0 Å². The molecule has 0 aromatic heterocycles. The van der Waals surface area contributed by atoms with Gasteiger partial charge in [-0.1, -0.05) is 46.0 Å². The molecule has 1 nitrogen and oxygen atoms in total. The second kappa shape index (κ2) is 8.11. The lowest BCUT2D eigenvalue weighted by Crippen LogP contribution is -2.41. The maximum atomic E-state index is 3.89. The molecule has 16 heavy (non-hydrogen) atoms. The Morgan fingerprint density at radius 3 is 2.06 bits per heavy atom. The molecule has 0 bridgehead atoms. The highest BCUT2D eigenvalue weighted by Gasteiger charge is 2.20. The van der Waals surface area contributed by atoms with E-state index in [4.69, 9.17) is 0 Å². The van der Waals surface area contributed by atoms with Crippen LogP contribution in [0.3, 0.4) is 0 Å². The summed E-state index contributed by atoms with van der Waals surface area (Å²) in [6.45, 7) is 7.04. The van der Waals surface area contributed by atoms with Gasteiger partial charge in [-0.3, -0.25) is 0 Å². The van der Waals surface area contributed by atoms with Gasteiger partial charge in [0.05, 0.1) is 0 Å². The van der Waals surface area contributed by atoms with Crippen molar-refractivity contribution in [1.29, 1.82) is 0 Å². The van der Waals surface area contributed by atoms with Crippen LogP contribution in [0.5, 0.6) is 0 Å². The van der Waals surface area contributed by atoms with Crippen LogP contribution in [-0.4, -0.2) is 12.1 Å². The van der Waals surface area contributed by atoms with Crippen molar-refractivity contribution in [1.82, 2.24) is 5.32 Å². The molecule has 0 aromatic rings. The molecule has 0 saturated heterocycles. The molecule has 0 spiro atoms. The Hall–Kier alpha value is -0.0400. The summed E-state index contributed by atoms with van der Waals surface area (Å²) < 4.78 is 0. The summed E-state index contributed by atoms with van der Waals surface area (Å²) in [5, 5.41) is 3.89. The second-order valence-electron chi connectivity index (χ2n) is 5.63. The van der Waals surface area contributed by atoms with E-state index in [1.54, 1.807) is 0 Å². The number of hydrogen-bond acceptors (Lipinski definition) is 1. The predicted octanol–water partition coefficient (Wildman–Crippen LogP) is 4.51. The molecule has 1 heteroatoms. The normalized spacial score (nSPS) is 20.2. The van der Waals surface area contributed by atoms with Crippen molar-refractivity contribution in [2.75, 3.05) is 0 Å². The van der Waals surface area contributed by atoms with Crippen LogP contribution in [0.15, 0.2) is 0 Å². The average Bonchev–Trinajstić information content (AvgIpc) is 2.30. The monoisotopic (exact) mass is 225 g/mol. The van der Waals surface area contributed by atoms with Crippen LogP contribution in [-0.2, 0) is 0 Å². The van der Waals surface area contributed by atoms with Crippen LogP contribution in [0.4, 0.5) is 0 Å². The van der Waals surface area contributed by atoms with Crippen LogP contribution in [0.2, 0.25) is 0 Å². The van der Waals surface area contributed by atoms with Crippen LogP contribution in [0, 0.1) is 5.92 Å². The molecule has 1 aliphatic rings. The van der Waals surface area contributed by atoms with E-state index in [0.29, 0.717) is 0 Å². The van der Waals surface area contributed by atoms with E-state index in [1.165, 1.54) is 57.8 Å². The standard InChI is InChI=1S/C15H31N/c1-4-9-14(10-5-2)13(3)16-15-11-7-6-8-12-15/h13-16H,4-12H2,1-3H3. The van der Waals surface area contributed by atoms with Crippen molar-refractivity contribution in [2.45, 2.75) is 90.6 Å². The zero-order valence-corrected chi connectivity index (χ0v) is 11.6. The minimum absolute atomic E-state index is 0.725. The molecule has 0 aromatic carbocycles. The van der Waals surface area contributed by atoms with Gasteiger partial charge in [-0.2, -0.15) is 0 Å². The molecule has 1 aliphatic carbocycles. The van der Waals surface area contributed by atoms with Gasteiger partial charge < -0.3 is 5.32 Å². The number of hydrogen-bond donors (Lipinski definition) is 1. The summed E-state index contributed by atoms with van der Waals surface area (Å²) in [5.74, 6) is 0.900. The first-order chi connectivity index (χ1) is 7.77. The third kappa shape index (κ3) is 4.86. The lowest BCUT2D eigenvalue weighted by molar-refractivity contribution is 0.269. The fourth-order valence-corrected chi connectivity index (χ4v) is 3.16. The van der Waals surface area contributed by atoms with E-state index in [9.17, 15) is 0 Å². The Labute approximate surface area is 102 Å². The van der Waals surface area contributed by atoms with Gasteiger partial charge in [0.2, 0.25) is 0 Å². The topological polar surface area (TPSA) is 12.0 Å². The van der Waals surface area contributed by atoms with Gasteiger partial charge in [0.1, 0.15) is 0 Å². The molecule has 0 radical (unpaired) electrons. The fourth-order valence-electron chi connectivity index (χ4n) is 3.16. The van der Waals surface area contributed by atoms with E-state index >= 15 is 0 Å². The van der Waals surface area contributed by atoms with E-state index in [2.05, 4.69) is 26.1 Å². The molecule has 1 atom stereocenters. The summed E-state index contributed by atoms with van der Waals surface area (Å²) in [5.41, 5.74) is 0. The van der Waals surface area contributed by atoms with Gasteiger partial charge in [0.25, 0.3) is 0 Å². The SMILES string of the molecule is CCCC(CCC)C(C)NC1CCCCC1. The van der Waals surface area contributed by atoms with Crippen molar-refractivity contribution < 1.29 is 0 Å². The lowest BCUT2D eigenvalue weighted by Gasteiger charge is -2.31. The maximum Gasteiger partial charge on any atom is 0.00696 e. The molecule has 96 valence electrons. The number of rotatable bonds is 7. The van der Waals surface area contributed by atoms with E-state index in [1.807, 2.05) is 0 Å². The molecule has 1 N–H and O–H groups in total. The molecule has 1 saturated carbocycles. The Balaban J connectivity index is 2.31. The van der Waals surface area contributed by atoms with Crippen molar-refractivity contribution in [3.8, 4) is 0 Å². The third-order valence-electron chi connectivity index (χ3n) is 4.13. The average molecular weight is 225 g/mol. The van der Waals surface area contributed by atoms with Crippen LogP contribution >= 0.6 is 0 Å². The minimum Gasteiger partial charge on any atom is -0.311 e. The lowest BCUT2D eigenvalue weighted by atomic mass is 9.89. The highest BCUT2D eigenvalue weighted by atomic mass is 14.9. The largest absolute Gasteiger partial charge is 0.311 e. The fraction of sp³-hybridized carbons (Fsp3) is 1.00. The van der Waals surface area contributed by atoms with Gasteiger partial charge in [-0.25, -0.2) is 0 Å².